The van der Waals surface area contributed by atoms with Gasteiger partial charge in [0.15, 0.2) is 0 Å². The van der Waals surface area contributed by atoms with Gasteiger partial charge in [-0.15, -0.1) is 0 Å². The molecular formula is C9H12N2O2. The normalized spacial score (nSPS) is 20.2. The van der Waals surface area contributed by atoms with Gasteiger partial charge < -0.3 is 15.4 Å². The van der Waals surface area contributed by atoms with Crippen molar-refractivity contribution in [1.29, 1.82) is 0 Å². The van der Waals surface area contributed by atoms with Gasteiger partial charge in [0.25, 0.3) is 0 Å². The number of hydrogen-bond donors (Lipinski definition) is 3. The minimum atomic E-state index is -0.885. The summed E-state index contributed by atoms with van der Waals surface area (Å²) in [6, 6.07) is 2.05. The highest BCUT2D eigenvalue weighted by Gasteiger charge is 2.24. The summed E-state index contributed by atoms with van der Waals surface area (Å²) in [4.78, 5) is 13.6. The van der Waals surface area contributed by atoms with E-state index in [-0.39, 0.29) is 0 Å². The Bertz CT molecular complexity index is 343. The molecule has 0 fully saturated rings. The zero-order valence-corrected chi connectivity index (χ0v) is 7.42. The third-order valence-electron chi connectivity index (χ3n) is 2.57. The minimum absolute atomic E-state index is 0.296. The quantitative estimate of drug-likeness (QED) is 0.634. The molecule has 1 aromatic rings. The number of fused-ring (bicyclic) bond motifs is 1. The first kappa shape index (κ1) is 8.31. The molecule has 1 aliphatic carbocycles. The van der Waals surface area contributed by atoms with Crippen molar-refractivity contribution < 1.29 is 9.90 Å². The van der Waals surface area contributed by atoms with Crippen molar-refractivity contribution >= 4 is 5.97 Å². The van der Waals surface area contributed by atoms with Crippen molar-refractivity contribution in [2.45, 2.75) is 18.9 Å². The van der Waals surface area contributed by atoms with Crippen molar-refractivity contribution in [1.82, 2.24) is 10.3 Å². The molecule has 0 saturated heterocycles. The number of nitrogens with one attached hydrogen (secondary N) is 2. The Morgan fingerprint density at radius 3 is 3.15 bits per heavy atom. The molecule has 4 nitrogen and oxygen atoms in total. The van der Waals surface area contributed by atoms with Gasteiger partial charge in [-0.25, -0.2) is 4.79 Å². The van der Waals surface area contributed by atoms with Crippen LogP contribution in [-0.4, -0.2) is 23.1 Å². The standard InChI is InChI=1S/C9H12N2O2/c1-10-6-2-3-7-5(6)4-8(11-7)9(12)13/h4,6,10-11H,2-3H2,1H3,(H,12,13)/t6-/m0/s1. The molecule has 1 aliphatic rings. The second-order valence-corrected chi connectivity index (χ2v) is 3.30. The Hall–Kier alpha value is -1.29. The molecule has 0 saturated carbocycles. The summed E-state index contributed by atoms with van der Waals surface area (Å²) in [5.41, 5.74) is 2.47. The molecule has 0 amide bonds. The van der Waals surface area contributed by atoms with Crippen molar-refractivity contribution in [2.24, 2.45) is 0 Å². The molecule has 3 N–H and O–H groups in total. The molecule has 2 rings (SSSR count). The third-order valence-corrected chi connectivity index (χ3v) is 2.57. The first-order valence-corrected chi connectivity index (χ1v) is 4.34. The number of hydrogen-bond acceptors (Lipinski definition) is 2. The predicted octanol–water partition coefficient (Wildman–Crippen LogP) is 0.920. The Kier molecular flexibility index (Phi) is 1.84. The number of aryl methyl sites for hydroxylation is 1. The number of carboxylic acids is 1. The number of carbonyl (C=O) groups is 1. The summed E-state index contributed by atoms with van der Waals surface area (Å²) in [7, 11) is 1.90. The van der Waals surface area contributed by atoms with Gasteiger partial charge in [-0.2, -0.15) is 0 Å². The maximum Gasteiger partial charge on any atom is 0.352 e. The van der Waals surface area contributed by atoms with Gasteiger partial charge in [-0.3, -0.25) is 0 Å². The first-order chi connectivity index (χ1) is 6.22. The van der Waals surface area contributed by atoms with E-state index in [0.717, 1.165) is 24.1 Å². The number of rotatable bonds is 2. The van der Waals surface area contributed by atoms with E-state index in [9.17, 15) is 4.79 Å². The van der Waals surface area contributed by atoms with Crippen LogP contribution in [0, 0.1) is 0 Å². The third kappa shape index (κ3) is 1.23. The number of carboxylic acid groups (broad SMARTS) is 1. The van der Waals surface area contributed by atoms with Gasteiger partial charge >= 0.3 is 5.97 Å². The average Bonchev–Trinajstić information content (AvgIpc) is 2.60. The summed E-state index contributed by atoms with van der Waals surface area (Å²) in [6.07, 6.45) is 1.99. The van der Waals surface area contributed by atoms with Gasteiger partial charge in [-0.1, -0.05) is 0 Å². The average molecular weight is 180 g/mol. The first-order valence-electron chi connectivity index (χ1n) is 4.34. The van der Waals surface area contributed by atoms with Crippen molar-refractivity contribution in [3.8, 4) is 0 Å². The fourth-order valence-corrected chi connectivity index (χ4v) is 1.89. The SMILES string of the molecule is CN[C@H]1CCc2[nH]c(C(=O)O)cc21. The lowest BCUT2D eigenvalue weighted by Gasteiger charge is -2.06. The van der Waals surface area contributed by atoms with E-state index in [1.807, 2.05) is 7.05 Å². The minimum Gasteiger partial charge on any atom is -0.477 e. The zero-order chi connectivity index (χ0) is 9.42. The molecule has 1 aromatic heterocycles. The van der Waals surface area contributed by atoms with E-state index < -0.39 is 5.97 Å². The lowest BCUT2D eigenvalue weighted by Crippen LogP contribution is -2.12. The maximum absolute atomic E-state index is 10.6. The highest BCUT2D eigenvalue weighted by Crippen LogP contribution is 2.30. The second kappa shape index (κ2) is 2.88. The van der Waals surface area contributed by atoms with Crippen LogP contribution in [0.3, 0.4) is 0 Å². The van der Waals surface area contributed by atoms with Gasteiger partial charge in [0.1, 0.15) is 5.69 Å². The molecule has 0 spiro atoms. The highest BCUT2D eigenvalue weighted by atomic mass is 16.4. The summed E-state index contributed by atoms with van der Waals surface area (Å²) >= 11 is 0. The summed E-state index contributed by atoms with van der Waals surface area (Å²) in [5.74, 6) is -0.885. The summed E-state index contributed by atoms with van der Waals surface area (Å²) in [5, 5.41) is 11.9. The van der Waals surface area contributed by atoms with E-state index in [0.29, 0.717) is 11.7 Å². The molecule has 70 valence electrons. The Balaban J connectivity index is 2.36. The molecule has 1 atom stereocenters. The maximum atomic E-state index is 10.6. The van der Waals surface area contributed by atoms with Gasteiger partial charge in [-0.05, 0) is 31.5 Å². The topological polar surface area (TPSA) is 65.1 Å². The van der Waals surface area contributed by atoms with Crippen LogP contribution >= 0.6 is 0 Å². The molecule has 0 aromatic carbocycles. The Morgan fingerprint density at radius 2 is 2.54 bits per heavy atom. The largest absolute Gasteiger partial charge is 0.477 e. The van der Waals surface area contributed by atoms with Crippen LogP contribution in [0.1, 0.15) is 34.2 Å². The fourth-order valence-electron chi connectivity index (χ4n) is 1.89. The van der Waals surface area contributed by atoms with Gasteiger partial charge in [0.2, 0.25) is 0 Å². The molecule has 1 heterocycles. The highest BCUT2D eigenvalue weighted by molar-refractivity contribution is 5.86. The smallest absolute Gasteiger partial charge is 0.352 e. The number of aromatic nitrogens is 1. The Labute approximate surface area is 76.0 Å². The van der Waals surface area contributed by atoms with Gasteiger partial charge in [0, 0.05) is 11.7 Å². The van der Waals surface area contributed by atoms with Crippen LogP contribution in [-0.2, 0) is 6.42 Å². The van der Waals surface area contributed by atoms with E-state index in [1.54, 1.807) is 6.07 Å². The Morgan fingerprint density at radius 1 is 1.77 bits per heavy atom. The number of aromatic amines is 1. The lowest BCUT2D eigenvalue weighted by atomic mass is 10.2. The van der Waals surface area contributed by atoms with E-state index in [2.05, 4.69) is 10.3 Å². The van der Waals surface area contributed by atoms with Gasteiger partial charge in [0.05, 0.1) is 0 Å². The van der Waals surface area contributed by atoms with E-state index in [1.165, 1.54) is 0 Å². The summed E-state index contributed by atoms with van der Waals surface area (Å²) in [6.45, 7) is 0. The van der Waals surface area contributed by atoms with Crippen LogP contribution in [0.2, 0.25) is 0 Å². The lowest BCUT2D eigenvalue weighted by molar-refractivity contribution is 0.0691. The van der Waals surface area contributed by atoms with Crippen LogP contribution < -0.4 is 5.32 Å². The zero-order valence-electron chi connectivity index (χ0n) is 7.42. The van der Waals surface area contributed by atoms with Crippen molar-refractivity contribution in [3.05, 3.63) is 23.0 Å². The van der Waals surface area contributed by atoms with Crippen LogP contribution in [0.15, 0.2) is 6.07 Å². The monoisotopic (exact) mass is 180 g/mol. The van der Waals surface area contributed by atoms with Crippen LogP contribution in [0.25, 0.3) is 0 Å². The summed E-state index contributed by atoms with van der Waals surface area (Å²) < 4.78 is 0. The molecule has 0 bridgehead atoms. The van der Waals surface area contributed by atoms with Crippen molar-refractivity contribution in [2.75, 3.05) is 7.05 Å². The number of H-pyrrole nitrogens is 1. The van der Waals surface area contributed by atoms with E-state index in [4.69, 9.17) is 5.11 Å². The fraction of sp³-hybridized carbons (Fsp3) is 0.444. The molecule has 4 heteroatoms. The number of aromatic carboxylic acids is 1. The van der Waals surface area contributed by atoms with Crippen LogP contribution in [0.5, 0.6) is 0 Å². The molecule has 0 aliphatic heterocycles. The molecule has 0 radical (unpaired) electrons. The van der Waals surface area contributed by atoms with E-state index >= 15 is 0 Å². The molecule has 13 heavy (non-hydrogen) atoms. The molecular weight excluding hydrogens is 168 g/mol. The molecule has 0 unspecified atom stereocenters. The van der Waals surface area contributed by atoms with Crippen molar-refractivity contribution in [3.63, 3.8) is 0 Å². The predicted molar refractivity (Wildman–Crippen MR) is 47.9 cm³/mol. The second-order valence-electron chi connectivity index (χ2n) is 3.30. The van der Waals surface area contributed by atoms with Crippen LogP contribution in [0.4, 0.5) is 0 Å².